The summed E-state index contributed by atoms with van der Waals surface area (Å²) in [5.41, 5.74) is -2.56. The number of carbonyl (C=O) groups excluding carboxylic acids is 5. The van der Waals surface area contributed by atoms with Gasteiger partial charge in [-0.05, 0) is 33.3 Å². The van der Waals surface area contributed by atoms with E-state index in [1.54, 1.807) is 0 Å². The Bertz CT molecular complexity index is 1670. The molecule has 0 aliphatic carbocycles. The summed E-state index contributed by atoms with van der Waals surface area (Å²) in [5, 5.41) is 19.4. The van der Waals surface area contributed by atoms with E-state index in [2.05, 4.69) is 27.7 Å². The Morgan fingerprint density at radius 1 is 0.330 bits per heavy atom. The number of rotatable bonds is 59. The third kappa shape index (κ3) is 76.1. The molecule has 0 aromatic heterocycles. The molecule has 88 heavy (non-hydrogen) atoms. The summed E-state index contributed by atoms with van der Waals surface area (Å²) in [6.07, 6.45) is 34.2. The molecule has 0 rings (SSSR count). The van der Waals surface area contributed by atoms with Crippen molar-refractivity contribution in [2.45, 2.75) is 303 Å². The molecule has 4 unspecified atom stereocenters. The number of aliphatic hydroxyl groups excluding tert-OH is 1. The van der Waals surface area contributed by atoms with Gasteiger partial charge in [0.1, 0.15) is 19.3 Å². The number of carboxylic acid groups (broad SMARTS) is 1. The van der Waals surface area contributed by atoms with Crippen LogP contribution in [0.25, 0.3) is 0 Å². The molecule has 30 heteroatoms. The van der Waals surface area contributed by atoms with Crippen molar-refractivity contribution in [3.63, 3.8) is 0 Å². The topological polar surface area (TPSA) is 346 Å². The Morgan fingerprint density at radius 3 is 0.739 bits per heavy atom. The quantitative estimate of drug-likeness (QED) is 0.0201. The molecule has 0 amide bonds. The maximum Gasteiger partial charge on any atom is 1.00 e. The maximum atomic E-state index is 12.8. The fourth-order valence-corrected chi connectivity index (χ4v) is 9.94. The van der Waals surface area contributed by atoms with Crippen molar-refractivity contribution in [3.8, 4) is 0 Å². The molecule has 1 N–H and O–H groups in total. The van der Waals surface area contributed by atoms with Crippen LogP contribution in [0.15, 0.2) is 0 Å². The van der Waals surface area contributed by atoms with Crippen LogP contribution in [0.4, 0.5) is 4.79 Å². The summed E-state index contributed by atoms with van der Waals surface area (Å²) in [5.74, 6) is -2.24. The minimum absolute atomic E-state index is 0. The molecule has 22 nitrogen and oxygen atoms in total. The smallest absolute Gasteiger partial charge is 0.807 e. The SMILES string of the molecule is CCCCCCCCCCCC(=O)OCC(COP(=O)([O-])OCC(O)COP(=O)([O-])OCC(COC(=O)CCCCCCCCCCC)OC(=O)CCCCCCCCCCC)OC(=O)CCCCCCCCCCC.O=C([O-])P(=O)([O-])[O-].[Na+].[Na+].[Na+].[Na+].[Na+]. The Labute approximate surface area is 640 Å². The van der Waals surface area contributed by atoms with E-state index in [0.29, 0.717) is 25.7 Å². The second-order valence-corrected chi connectivity index (χ2v) is 25.6. The van der Waals surface area contributed by atoms with E-state index in [1.165, 1.54) is 103 Å². The van der Waals surface area contributed by atoms with Crippen molar-refractivity contribution >= 4 is 52.8 Å². The Morgan fingerprint density at radius 2 is 0.523 bits per heavy atom. The number of aliphatic hydroxyl groups is 1. The van der Waals surface area contributed by atoms with Crippen LogP contribution in [0.3, 0.4) is 0 Å². The standard InChI is InChI=1S/C57H110O17P2.CH3O5P.5Na/c1-5-9-13-17-21-25-29-33-37-41-54(59)67-47-52(73-56(61)43-39-35-31-27-23-19-15-11-7-3)49-71-75(63,64)69-45-51(58)46-70-76(65,66)72-50-53(74-57(62)44-40-36-32-28-24-20-16-12-8-4)48-68-55(60)42-38-34-30-26-22-18-14-10-6-2;2-1(3)7(4,5)6;;;;;/h51-53,58H,5-50H2,1-4H3,(H,63,64)(H,65,66);(H,2,3)(H2,4,5,6);;;;;/q;;5*+1/p-5. The first-order chi connectivity index (χ1) is 39.6. The number of unbranched alkanes of at least 4 members (excludes halogenated alkanes) is 32. The van der Waals surface area contributed by atoms with Crippen molar-refractivity contribution in [1.29, 1.82) is 0 Å². The van der Waals surface area contributed by atoms with Crippen LogP contribution in [0.5, 0.6) is 0 Å². The van der Waals surface area contributed by atoms with Crippen molar-refractivity contribution in [2.24, 2.45) is 0 Å². The Balaban J connectivity index is -0.00000102. The van der Waals surface area contributed by atoms with E-state index in [4.69, 9.17) is 61.3 Å². The molecule has 492 valence electrons. The molecule has 0 aliphatic rings. The molecule has 4 atom stereocenters. The number of phosphoric acid groups is 2. The first kappa shape index (κ1) is 104. The van der Waals surface area contributed by atoms with Gasteiger partial charge in [-0.25, -0.2) is 0 Å². The zero-order valence-electron chi connectivity index (χ0n) is 56.1. The van der Waals surface area contributed by atoms with Crippen LogP contribution < -0.4 is 172 Å². The minimum Gasteiger partial charge on any atom is -0.807 e. The number of phosphoric ester groups is 2. The first-order valence-electron chi connectivity index (χ1n) is 31.4. The number of esters is 4. The van der Waals surface area contributed by atoms with Gasteiger partial charge in [0, 0.05) is 25.7 Å². The van der Waals surface area contributed by atoms with Crippen LogP contribution in [0, 0.1) is 0 Å². The summed E-state index contributed by atoms with van der Waals surface area (Å²) in [6.45, 7) is 4.36. The van der Waals surface area contributed by atoms with E-state index >= 15 is 0 Å². The van der Waals surface area contributed by atoms with Gasteiger partial charge in [0.2, 0.25) is 0 Å². The van der Waals surface area contributed by atoms with Gasteiger partial charge in [-0.2, -0.15) is 0 Å². The van der Waals surface area contributed by atoms with Gasteiger partial charge >= 0.3 is 172 Å². The van der Waals surface area contributed by atoms with Crippen molar-refractivity contribution in [2.75, 3.05) is 39.6 Å². The van der Waals surface area contributed by atoms with E-state index < -0.39 is 111 Å². The zero-order valence-corrected chi connectivity index (χ0v) is 68.8. The largest absolute Gasteiger partial charge is 1.00 e. The molecule has 0 saturated carbocycles. The fraction of sp³-hybridized carbons (Fsp3) is 0.914. The van der Waals surface area contributed by atoms with Crippen LogP contribution in [-0.2, 0) is 69.9 Å². The molecule has 0 fully saturated rings. The summed E-state index contributed by atoms with van der Waals surface area (Å²) in [7, 11) is -15.8. The number of ether oxygens (including phenoxy) is 4. The molecule has 0 saturated heterocycles. The van der Waals surface area contributed by atoms with Gasteiger partial charge in [-0.15, -0.1) is 0 Å². The second kappa shape index (κ2) is 72.4. The predicted molar refractivity (Wildman–Crippen MR) is 307 cm³/mol. The summed E-state index contributed by atoms with van der Waals surface area (Å²) in [4.78, 5) is 104. The first-order valence-corrected chi connectivity index (χ1v) is 35.9. The number of hydrogen-bond donors (Lipinski definition) is 1. The van der Waals surface area contributed by atoms with Gasteiger partial charge in [0.05, 0.1) is 32.1 Å². The predicted octanol–water partition coefficient (Wildman–Crippen LogP) is -3.79. The van der Waals surface area contributed by atoms with Gasteiger partial charge in [-0.3, -0.25) is 28.3 Å². The third-order valence-electron chi connectivity index (χ3n) is 13.3. The molecular formula is C58H108Na5O22P3. The molecule has 0 bridgehead atoms. The summed E-state index contributed by atoms with van der Waals surface area (Å²) in [6, 6.07) is 0. The van der Waals surface area contributed by atoms with Crippen molar-refractivity contribution in [1.82, 2.24) is 0 Å². The number of hydrogen-bond acceptors (Lipinski definition) is 22. The molecule has 0 aliphatic heterocycles. The zero-order chi connectivity index (χ0) is 62.3. The van der Waals surface area contributed by atoms with Gasteiger partial charge in [0.25, 0.3) is 15.6 Å². The molecule has 0 spiro atoms. The van der Waals surface area contributed by atoms with E-state index in [-0.39, 0.29) is 173 Å². The van der Waals surface area contributed by atoms with E-state index in [9.17, 15) is 43.2 Å². The van der Waals surface area contributed by atoms with Gasteiger partial charge < -0.3 is 76.2 Å². The third-order valence-corrected chi connectivity index (χ3v) is 15.6. The molecule has 0 aromatic rings. The van der Waals surface area contributed by atoms with Crippen LogP contribution in [-0.4, -0.2) is 92.6 Å². The normalized spacial score (nSPS) is 13.3. The molecule has 0 aromatic carbocycles. The average Bonchev–Trinajstić information content (AvgIpc) is 3.65. The van der Waals surface area contributed by atoms with Crippen LogP contribution >= 0.6 is 23.2 Å². The van der Waals surface area contributed by atoms with Crippen molar-refractivity contribution in [3.05, 3.63) is 0 Å². The Hall–Kier alpha value is 2.68. The van der Waals surface area contributed by atoms with E-state index in [0.717, 1.165) is 103 Å². The summed E-state index contributed by atoms with van der Waals surface area (Å²) < 4.78 is 75.8. The summed E-state index contributed by atoms with van der Waals surface area (Å²) >= 11 is 0. The van der Waals surface area contributed by atoms with Gasteiger partial charge in [-0.1, -0.05) is 233 Å². The van der Waals surface area contributed by atoms with Crippen LogP contribution in [0.1, 0.15) is 285 Å². The van der Waals surface area contributed by atoms with E-state index in [1.807, 2.05) is 0 Å². The number of carbonyl (C=O) groups is 5. The minimum atomic E-state index is -5.43. The molecular weight excluding hydrogens is 1260 g/mol. The molecule has 0 heterocycles. The van der Waals surface area contributed by atoms with Crippen molar-refractivity contribution < 1.29 is 252 Å². The molecule has 0 radical (unpaired) electrons. The maximum absolute atomic E-state index is 12.8. The van der Waals surface area contributed by atoms with Crippen LogP contribution in [0.2, 0.25) is 0 Å². The monoisotopic (exact) mass is 1360 g/mol. The second-order valence-electron chi connectivity index (χ2n) is 21.4. The van der Waals surface area contributed by atoms with Gasteiger partial charge in [0.15, 0.2) is 12.2 Å². The fourth-order valence-electron chi connectivity index (χ4n) is 8.38. The Kier molecular flexibility index (Phi) is 85.7. The average molecular weight is 1370 g/mol.